The number of ether oxygens (including phenoxy) is 3. The Morgan fingerprint density at radius 2 is 0.534 bits per heavy atom. The predicted octanol–water partition coefficient (Wildman–Crippen LogP) is 20.7. The Labute approximate surface area is 450 Å². The largest absolute Gasteiger partial charge is 0.462 e. The van der Waals surface area contributed by atoms with Crippen LogP contribution in [0, 0.1) is 0 Å². The van der Waals surface area contributed by atoms with Gasteiger partial charge in [-0.2, -0.15) is 0 Å². The molecule has 0 aliphatic rings. The summed E-state index contributed by atoms with van der Waals surface area (Å²) in [6.07, 6.45) is 82.5. The number of hydrogen-bond donors (Lipinski definition) is 0. The molecule has 0 fully saturated rings. The zero-order valence-electron chi connectivity index (χ0n) is 47.6. The number of carbonyl (C=O) groups is 3. The van der Waals surface area contributed by atoms with Gasteiger partial charge in [0, 0.05) is 19.3 Å². The molecule has 0 aliphatic carbocycles. The Kier molecular flexibility index (Phi) is 57.4. The van der Waals surface area contributed by atoms with Crippen molar-refractivity contribution in [3.05, 3.63) is 109 Å². The van der Waals surface area contributed by atoms with E-state index in [9.17, 15) is 14.4 Å². The van der Waals surface area contributed by atoms with E-state index in [-0.39, 0.29) is 31.1 Å². The molecular weight excluding hydrogens is 901 g/mol. The van der Waals surface area contributed by atoms with Gasteiger partial charge in [0.1, 0.15) is 13.2 Å². The zero-order valence-corrected chi connectivity index (χ0v) is 47.6. The SMILES string of the molecule is CC/C=C\C/C=C\C/C=C\C/C=C\C/C=C\C/C=C\C/C=C\C/C=C\C/C=C\CCCCCC(=O)OCC(COC(=O)CCCCCCCCCC)OC(=O)CCCCCCCCCCCCCCCCCC. The van der Waals surface area contributed by atoms with Gasteiger partial charge in [-0.1, -0.05) is 278 Å². The topological polar surface area (TPSA) is 78.9 Å². The fourth-order valence-electron chi connectivity index (χ4n) is 8.26. The molecule has 6 nitrogen and oxygen atoms in total. The maximum atomic E-state index is 12.8. The molecule has 6 heteroatoms. The summed E-state index contributed by atoms with van der Waals surface area (Å²) in [6, 6.07) is 0. The van der Waals surface area contributed by atoms with Gasteiger partial charge >= 0.3 is 17.9 Å². The van der Waals surface area contributed by atoms with Crippen molar-refractivity contribution in [2.24, 2.45) is 0 Å². The number of esters is 3. The standard InChI is InChI=1S/C67H112O6/c1-4-7-10-13-16-19-21-23-25-27-28-29-30-31-32-33-34-35-36-37-38-39-40-41-43-44-46-48-51-54-57-60-66(69)72-63-64(62-71-65(68)59-56-53-50-18-15-12-9-6-3)73-67(70)61-58-55-52-49-47-45-42-26-24-22-20-17-14-11-8-5-2/h7,10,16,19,23,25,28-29,31-32,34-35,37-38,40-41,44,46,64H,4-6,8-9,11-15,17-18,20-22,24,26-27,30,33,36,39,42-43,45,47-63H2,1-3H3/b10-7-,19-16-,25-23-,29-28-,32-31-,35-34-,38-37-,41-40-,46-44-. The van der Waals surface area contributed by atoms with Crippen molar-refractivity contribution in [2.75, 3.05) is 13.2 Å². The smallest absolute Gasteiger partial charge is 0.306 e. The number of allylic oxidation sites excluding steroid dienone is 18. The quantitative estimate of drug-likeness (QED) is 0.0261. The van der Waals surface area contributed by atoms with Gasteiger partial charge in [-0.15, -0.1) is 0 Å². The fourth-order valence-corrected chi connectivity index (χ4v) is 8.26. The Balaban J connectivity index is 4.26. The van der Waals surface area contributed by atoms with E-state index in [2.05, 4.69) is 130 Å². The third kappa shape index (κ3) is 58.8. The van der Waals surface area contributed by atoms with E-state index in [4.69, 9.17) is 14.2 Å². The molecule has 416 valence electrons. The molecule has 0 saturated heterocycles. The highest BCUT2D eigenvalue weighted by Gasteiger charge is 2.19. The fraction of sp³-hybridized carbons (Fsp3) is 0.687. The van der Waals surface area contributed by atoms with Gasteiger partial charge in [0.2, 0.25) is 0 Å². The van der Waals surface area contributed by atoms with Crippen LogP contribution in [-0.4, -0.2) is 37.2 Å². The molecular formula is C67H112O6. The van der Waals surface area contributed by atoms with Crippen LogP contribution in [0.1, 0.15) is 278 Å². The predicted molar refractivity (Wildman–Crippen MR) is 316 cm³/mol. The van der Waals surface area contributed by atoms with Crippen LogP contribution in [0.3, 0.4) is 0 Å². The molecule has 0 spiro atoms. The summed E-state index contributed by atoms with van der Waals surface area (Å²) in [7, 11) is 0. The van der Waals surface area contributed by atoms with Gasteiger partial charge in [-0.25, -0.2) is 0 Å². The Morgan fingerprint density at radius 1 is 0.288 bits per heavy atom. The molecule has 0 aromatic carbocycles. The van der Waals surface area contributed by atoms with E-state index in [0.717, 1.165) is 122 Å². The molecule has 0 aliphatic heterocycles. The maximum Gasteiger partial charge on any atom is 0.306 e. The van der Waals surface area contributed by atoms with Crippen molar-refractivity contribution in [1.29, 1.82) is 0 Å². The van der Waals surface area contributed by atoms with Gasteiger partial charge in [-0.3, -0.25) is 14.4 Å². The van der Waals surface area contributed by atoms with Crippen molar-refractivity contribution in [3.8, 4) is 0 Å². The summed E-state index contributed by atoms with van der Waals surface area (Å²) in [4.78, 5) is 38.0. The first-order valence-corrected chi connectivity index (χ1v) is 30.4. The van der Waals surface area contributed by atoms with Crippen molar-refractivity contribution in [3.63, 3.8) is 0 Å². The van der Waals surface area contributed by atoms with Crippen molar-refractivity contribution in [2.45, 2.75) is 284 Å². The van der Waals surface area contributed by atoms with Crippen LogP contribution in [-0.2, 0) is 28.6 Å². The van der Waals surface area contributed by atoms with E-state index in [0.29, 0.717) is 19.3 Å². The van der Waals surface area contributed by atoms with Crippen LogP contribution in [0.5, 0.6) is 0 Å². The molecule has 0 rings (SSSR count). The first-order chi connectivity index (χ1) is 36.0. The van der Waals surface area contributed by atoms with Gasteiger partial charge < -0.3 is 14.2 Å². The number of hydrogen-bond acceptors (Lipinski definition) is 6. The first kappa shape index (κ1) is 69.1. The van der Waals surface area contributed by atoms with Crippen LogP contribution < -0.4 is 0 Å². The molecule has 0 heterocycles. The Bertz CT molecular complexity index is 1490. The van der Waals surface area contributed by atoms with Crippen molar-refractivity contribution in [1.82, 2.24) is 0 Å². The molecule has 0 aromatic rings. The molecule has 0 amide bonds. The van der Waals surface area contributed by atoms with Crippen LogP contribution >= 0.6 is 0 Å². The highest BCUT2D eigenvalue weighted by molar-refractivity contribution is 5.71. The molecule has 0 saturated carbocycles. The Morgan fingerprint density at radius 3 is 0.836 bits per heavy atom. The summed E-state index contributed by atoms with van der Waals surface area (Å²) >= 11 is 0. The monoisotopic (exact) mass is 1010 g/mol. The maximum absolute atomic E-state index is 12.8. The molecule has 0 bridgehead atoms. The lowest BCUT2D eigenvalue weighted by Crippen LogP contribution is -2.30. The second-order valence-electron chi connectivity index (χ2n) is 19.9. The average Bonchev–Trinajstić information content (AvgIpc) is 3.39. The third-order valence-electron chi connectivity index (χ3n) is 12.8. The molecule has 0 aromatic heterocycles. The summed E-state index contributed by atoms with van der Waals surface area (Å²) in [5.74, 6) is -0.920. The normalized spacial score (nSPS) is 12.9. The third-order valence-corrected chi connectivity index (χ3v) is 12.8. The van der Waals surface area contributed by atoms with E-state index < -0.39 is 6.10 Å². The summed E-state index contributed by atoms with van der Waals surface area (Å²) in [5.41, 5.74) is 0. The lowest BCUT2D eigenvalue weighted by atomic mass is 10.0. The van der Waals surface area contributed by atoms with Crippen molar-refractivity contribution < 1.29 is 28.6 Å². The molecule has 0 radical (unpaired) electrons. The van der Waals surface area contributed by atoms with Crippen LogP contribution in [0.2, 0.25) is 0 Å². The highest BCUT2D eigenvalue weighted by Crippen LogP contribution is 2.16. The number of unbranched alkanes of at least 4 members (excludes halogenated alkanes) is 25. The van der Waals surface area contributed by atoms with Gasteiger partial charge in [-0.05, 0) is 89.9 Å². The summed E-state index contributed by atoms with van der Waals surface area (Å²) in [5, 5.41) is 0. The van der Waals surface area contributed by atoms with E-state index >= 15 is 0 Å². The van der Waals surface area contributed by atoms with Crippen LogP contribution in [0.25, 0.3) is 0 Å². The number of rotatable bonds is 54. The molecule has 1 unspecified atom stereocenters. The summed E-state index contributed by atoms with van der Waals surface area (Å²) < 4.78 is 16.8. The van der Waals surface area contributed by atoms with Crippen LogP contribution in [0.4, 0.5) is 0 Å². The van der Waals surface area contributed by atoms with E-state index in [1.165, 1.54) is 116 Å². The minimum atomic E-state index is -0.788. The van der Waals surface area contributed by atoms with Gasteiger partial charge in [0.05, 0.1) is 0 Å². The molecule has 1 atom stereocenters. The number of carbonyl (C=O) groups excluding carboxylic acids is 3. The zero-order chi connectivity index (χ0) is 52.9. The highest BCUT2D eigenvalue weighted by atomic mass is 16.6. The average molecular weight is 1010 g/mol. The first-order valence-electron chi connectivity index (χ1n) is 30.4. The van der Waals surface area contributed by atoms with Crippen molar-refractivity contribution >= 4 is 17.9 Å². The second kappa shape index (κ2) is 60.6. The van der Waals surface area contributed by atoms with Crippen LogP contribution in [0.15, 0.2) is 109 Å². The Hall–Kier alpha value is -3.93. The van der Waals surface area contributed by atoms with Gasteiger partial charge in [0.25, 0.3) is 0 Å². The molecule has 0 N–H and O–H groups in total. The van der Waals surface area contributed by atoms with E-state index in [1.54, 1.807) is 0 Å². The minimum Gasteiger partial charge on any atom is -0.462 e. The summed E-state index contributed by atoms with van der Waals surface area (Å²) in [6.45, 7) is 6.48. The lowest BCUT2D eigenvalue weighted by Gasteiger charge is -2.18. The second-order valence-corrected chi connectivity index (χ2v) is 19.9. The van der Waals surface area contributed by atoms with E-state index in [1.807, 2.05) is 0 Å². The van der Waals surface area contributed by atoms with Gasteiger partial charge in [0.15, 0.2) is 6.10 Å². The molecule has 73 heavy (non-hydrogen) atoms. The minimum absolute atomic E-state index is 0.0862. The lowest BCUT2D eigenvalue weighted by molar-refractivity contribution is -0.167.